The Bertz CT molecular complexity index is 1050. The summed E-state index contributed by atoms with van der Waals surface area (Å²) in [5, 5.41) is 9.42. The van der Waals surface area contributed by atoms with Crippen LogP contribution in [0.4, 0.5) is 5.95 Å². The second kappa shape index (κ2) is 8.27. The maximum atomic E-state index is 12.4. The van der Waals surface area contributed by atoms with Gasteiger partial charge >= 0.3 is 0 Å². The molecule has 7 nitrogen and oxygen atoms in total. The van der Waals surface area contributed by atoms with Gasteiger partial charge in [-0.3, -0.25) is 9.78 Å². The van der Waals surface area contributed by atoms with Gasteiger partial charge < -0.3 is 14.4 Å². The molecule has 0 aliphatic heterocycles. The highest BCUT2D eigenvalue weighted by Crippen LogP contribution is 2.24. The van der Waals surface area contributed by atoms with Crippen LogP contribution < -0.4 is 19.9 Å². The third kappa shape index (κ3) is 3.96. The minimum atomic E-state index is -0.472. The van der Waals surface area contributed by atoms with Gasteiger partial charge in [-0.15, -0.1) is 0 Å². The first-order chi connectivity index (χ1) is 13.5. The molecule has 0 unspecified atom stereocenters. The number of rotatable bonds is 6. The largest absolute Gasteiger partial charge is 0.497 e. The van der Waals surface area contributed by atoms with Crippen LogP contribution in [0.5, 0.6) is 11.5 Å². The second-order valence-corrected chi connectivity index (χ2v) is 6.16. The van der Waals surface area contributed by atoms with Crippen molar-refractivity contribution in [1.82, 2.24) is 9.97 Å². The zero-order chi connectivity index (χ0) is 20.1. The summed E-state index contributed by atoms with van der Waals surface area (Å²) in [6.45, 7) is 0.529. The Labute approximate surface area is 162 Å². The van der Waals surface area contributed by atoms with Crippen molar-refractivity contribution >= 4 is 5.95 Å². The maximum Gasteiger partial charge on any atom is 0.270 e. The summed E-state index contributed by atoms with van der Waals surface area (Å²) < 4.78 is 10.3. The van der Waals surface area contributed by atoms with Crippen LogP contribution in [0.25, 0.3) is 11.3 Å². The number of ether oxygens (including phenoxy) is 2. The number of nitriles is 1. The van der Waals surface area contributed by atoms with Crippen LogP contribution in [0.3, 0.4) is 0 Å². The monoisotopic (exact) mass is 376 g/mol. The number of benzene rings is 2. The van der Waals surface area contributed by atoms with Crippen LogP contribution in [-0.4, -0.2) is 31.2 Å². The molecule has 142 valence electrons. The SMILES string of the molecule is COc1ccc(CN(C)c2nc(-c3ccc(OC)cc3)c(C#N)c(=O)[nH]2)cc1. The highest BCUT2D eigenvalue weighted by Gasteiger charge is 2.15. The quantitative estimate of drug-likeness (QED) is 0.711. The van der Waals surface area contributed by atoms with E-state index in [-0.39, 0.29) is 5.56 Å². The molecule has 1 N–H and O–H groups in total. The fraction of sp³-hybridized carbons (Fsp3) is 0.190. The van der Waals surface area contributed by atoms with Gasteiger partial charge in [-0.05, 0) is 42.0 Å². The molecule has 0 amide bonds. The van der Waals surface area contributed by atoms with Crippen molar-refractivity contribution < 1.29 is 9.47 Å². The maximum absolute atomic E-state index is 12.4. The Morgan fingerprint density at radius 2 is 1.61 bits per heavy atom. The molecule has 1 aromatic heterocycles. The molecule has 3 aromatic rings. The van der Waals surface area contributed by atoms with E-state index in [1.165, 1.54) is 0 Å². The highest BCUT2D eigenvalue weighted by molar-refractivity contribution is 5.67. The summed E-state index contributed by atoms with van der Waals surface area (Å²) >= 11 is 0. The van der Waals surface area contributed by atoms with Crippen molar-refractivity contribution in [2.45, 2.75) is 6.54 Å². The minimum Gasteiger partial charge on any atom is -0.497 e. The average molecular weight is 376 g/mol. The number of methoxy groups -OCH3 is 2. The summed E-state index contributed by atoms with van der Waals surface area (Å²) in [4.78, 5) is 21.5. The number of aromatic amines is 1. The van der Waals surface area contributed by atoms with E-state index in [9.17, 15) is 10.1 Å². The summed E-state index contributed by atoms with van der Waals surface area (Å²) in [6.07, 6.45) is 0. The predicted molar refractivity (Wildman–Crippen MR) is 107 cm³/mol. The van der Waals surface area contributed by atoms with Crippen molar-refractivity contribution in [2.75, 3.05) is 26.2 Å². The zero-order valence-electron chi connectivity index (χ0n) is 15.9. The van der Waals surface area contributed by atoms with E-state index >= 15 is 0 Å². The molecule has 0 aliphatic carbocycles. The smallest absolute Gasteiger partial charge is 0.270 e. The van der Waals surface area contributed by atoms with Gasteiger partial charge in [0.2, 0.25) is 5.95 Å². The van der Waals surface area contributed by atoms with E-state index in [2.05, 4.69) is 9.97 Å². The molecule has 0 spiro atoms. The van der Waals surface area contributed by atoms with Gasteiger partial charge in [-0.1, -0.05) is 12.1 Å². The van der Waals surface area contributed by atoms with E-state index < -0.39 is 5.56 Å². The summed E-state index contributed by atoms with van der Waals surface area (Å²) in [5.41, 5.74) is 1.54. The molecular weight excluding hydrogens is 356 g/mol. The summed E-state index contributed by atoms with van der Waals surface area (Å²) in [6, 6.07) is 16.7. The molecule has 2 aromatic carbocycles. The Balaban J connectivity index is 1.95. The molecule has 7 heteroatoms. The third-order valence-electron chi connectivity index (χ3n) is 4.32. The minimum absolute atomic E-state index is 0.0215. The number of hydrogen-bond acceptors (Lipinski definition) is 6. The van der Waals surface area contributed by atoms with Gasteiger partial charge in [0.05, 0.1) is 19.9 Å². The number of aromatic nitrogens is 2. The van der Waals surface area contributed by atoms with Gasteiger partial charge in [0.25, 0.3) is 5.56 Å². The van der Waals surface area contributed by atoms with Gasteiger partial charge in [-0.2, -0.15) is 5.26 Å². The third-order valence-corrected chi connectivity index (χ3v) is 4.32. The molecule has 0 aliphatic rings. The van der Waals surface area contributed by atoms with Crippen molar-refractivity contribution in [2.24, 2.45) is 0 Å². The Morgan fingerprint density at radius 1 is 1.04 bits per heavy atom. The molecule has 0 radical (unpaired) electrons. The van der Waals surface area contributed by atoms with Crippen LogP contribution in [0, 0.1) is 11.3 Å². The van der Waals surface area contributed by atoms with E-state index in [4.69, 9.17) is 9.47 Å². The fourth-order valence-corrected chi connectivity index (χ4v) is 2.78. The molecule has 28 heavy (non-hydrogen) atoms. The molecular formula is C21H20N4O3. The lowest BCUT2D eigenvalue weighted by Crippen LogP contribution is -2.24. The summed E-state index contributed by atoms with van der Waals surface area (Å²) in [5.74, 6) is 1.84. The van der Waals surface area contributed by atoms with E-state index in [1.807, 2.05) is 42.3 Å². The number of anilines is 1. The lowest BCUT2D eigenvalue weighted by atomic mass is 10.1. The lowest BCUT2D eigenvalue weighted by molar-refractivity contribution is 0.414. The first-order valence-electron chi connectivity index (χ1n) is 8.58. The van der Waals surface area contributed by atoms with E-state index in [1.54, 1.807) is 38.5 Å². The van der Waals surface area contributed by atoms with Crippen LogP contribution in [0.15, 0.2) is 53.3 Å². The Morgan fingerprint density at radius 3 is 2.14 bits per heavy atom. The van der Waals surface area contributed by atoms with Crippen LogP contribution in [0.2, 0.25) is 0 Å². The Kier molecular flexibility index (Phi) is 5.61. The normalized spacial score (nSPS) is 10.2. The van der Waals surface area contributed by atoms with Crippen molar-refractivity contribution in [3.8, 4) is 28.8 Å². The first-order valence-corrected chi connectivity index (χ1v) is 8.58. The van der Waals surface area contributed by atoms with Crippen LogP contribution >= 0.6 is 0 Å². The van der Waals surface area contributed by atoms with E-state index in [0.29, 0.717) is 29.5 Å². The second-order valence-electron chi connectivity index (χ2n) is 6.16. The van der Waals surface area contributed by atoms with Gasteiger partial charge in [0.15, 0.2) is 0 Å². The molecule has 0 saturated heterocycles. The van der Waals surface area contributed by atoms with Gasteiger partial charge in [0, 0.05) is 19.2 Å². The highest BCUT2D eigenvalue weighted by atomic mass is 16.5. The topological polar surface area (TPSA) is 91.2 Å². The number of nitrogens with one attached hydrogen (secondary N) is 1. The average Bonchev–Trinajstić information content (AvgIpc) is 2.73. The van der Waals surface area contributed by atoms with Crippen LogP contribution in [-0.2, 0) is 6.54 Å². The first kappa shape index (κ1) is 19.0. The lowest BCUT2D eigenvalue weighted by Gasteiger charge is -2.19. The number of H-pyrrole nitrogens is 1. The predicted octanol–water partition coefficient (Wildman–Crippen LogP) is 2.96. The number of nitrogens with zero attached hydrogens (tertiary/aromatic N) is 3. The molecule has 1 heterocycles. The molecule has 0 fully saturated rings. The Hall–Kier alpha value is -3.79. The van der Waals surface area contributed by atoms with Crippen molar-refractivity contribution in [3.05, 3.63) is 70.0 Å². The molecule has 3 rings (SSSR count). The van der Waals surface area contributed by atoms with E-state index in [0.717, 1.165) is 11.3 Å². The molecule has 0 saturated carbocycles. The van der Waals surface area contributed by atoms with Crippen molar-refractivity contribution in [1.29, 1.82) is 5.26 Å². The zero-order valence-corrected chi connectivity index (χ0v) is 15.9. The van der Waals surface area contributed by atoms with Crippen LogP contribution in [0.1, 0.15) is 11.1 Å². The van der Waals surface area contributed by atoms with Gasteiger partial charge in [0.1, 0.15) is 23.1 Å². The van der Waals surface area contributed by atoms with Gasteiger partial charge in [-0.25, -0.2) is 4.98 Å². The summed E-state index contributed by atoms with van der Waals surface area (Å²) in [7, 11) is 5.02. The number of hydrogen-bond donors (Lipinski definition) is 1. The fourth-order valence-electron chi connectivity index (χ4n) is 2.78. The molecule has 0 bridgehead atoms. The molecule has 0 atom stereocenters. The van der Waals surface area contributed by atoms with Crippen molar-refractivity contribution in [3.63, 3.8) is 0 Å². The standard InChI is InChI=1S/C21H20N4O3/c1-25(13-14-4-8-16(27-2)9-5-14)21-23-19(18(12-22)20(26)24-21)15-6-10-17(28-3)11-7-15/h4-11H,13H2,1-3H3,(H,23,24,26).